The summed E-state index contributed by atoms with van der Waals surface area (Å²) in [4.78, 5) is 7.54. The van der Waals surface area contributed by atoms with Gasteiger partial charge >= 0.3 is 0 Å². The minimum atomic E-state index is -0.0759. The Morgan fingerprint density at radius 2 is 0.422 bits per heavy atom. The lowest BCUT2D eigenvalue weighted by Gasteiger charge is -2.32. The summed E-state index contributed by atoms with van der Waals surface area (Å²) in [5.74, 6) is 0. The van der Waals surface area contributed by atoms with E-state index in [9.17, 15) is 0 Å². The van der Waals surface area contributed by atoms with Gasteiger partial charge in [0.1, 0.15) is 30.2 Å². The average molecular weight is 1290 g/mol. The second-order valence-corrected chi connectivity index (χ2v) is 32.8. The quantitative estimate of drug-likeness (QED) is 0.117. The first kappa shape index (κ1) is 59.7. The Balaban J connectivity index is 0.809. The molecule has 0 fully saturated rings. The van der Waals surface area contributed by atoms with E-state index in [1.165, 1.54) is 130 Å². The minimum Gasteiger partial charge on any atom is -0.142 e. The molecule has 0 radical (unpaired) electrons. The van der Waals surface area contributed by atoms with Crippen LogP contribution in [0.1, 0.15) is 205 Å². The van der Waals surface area contributed by atoms with Gasteiger partial charge in [-0.15, -0.1) is 30.6 Å². The maximum Gasteiger partial charge on any atom is 0.127 e. The lowest BCUT2D eigenvalue weighted by Crippen LogP contribution is -2.25. The van der Waals surface area contributed by atoms with Gasteiger partial charge < -0.3 is 0 Å². The maximum atomic E-state index is 5.16. The average Bonchev–Trinajstić information content (AvgIpc) is 1.66. The van der Waals surface area contributed by atoms with Gasteiger partial charge in [0.05, 0.1) is 0 Å². The molecule has 0 unspecified atom stereocenters. The molecule has 456 valence electrons. The van der Waals surface area contributed by atoms with Crippen molar-refractivity contribution in [3.63, 3.8) is 0 Å². The van der Waals surface area contributed by atoms with Crippen LogP contribution in [0.5, 0.6) is 0 Å². The van der Waals surface area contributed by atoms with Crippen LogP contribution >= 0.6 is 70.6 Å². The second-order valence-electron chi connectivity index (χ2n) is 26.5. The summed E-state index contributed by atoms with van der Waals surface area (Å²) in [7, 11) is 0. The van der Waals surface area contributed by atoms with Gasteiger partial charge in [-0.25, -0.2) is 0 Å². The van der Waals surface area contributed by atoms with Crippen molar-refractivity contribution in [2.75, 3.05) is 0 Å². The van der Waals surface area contributed by atoms with E-state index >= 15 is 0 Å². The van der Waals surface area contributed by atoms with E-state index in [1.54, 1.807) is 0 Å². The Kier molecular flexibility index (Phi) is 16.0. The topological polar surface area (TPSA) is 77.3 Å². The summed E-state index contributed by atoms with van der Waals surface area (Å²) in [6.45, 7) is 14.2. The van der Waals surface area contributed by atoms with E-state index in [0.29, 0.717) is 0 Å². The van der Waals surface area contributed by atoms with Crippen molar-refractivity contribution in [1.82, 2.24) is 30.6 Å². The van der Waals surface area contributed by atoms with Crippen LogP contribution in [0.15, 0.2) is 169 Å². The van der Waals surface area contributed by atoms with Gasteiger partial charge in [0.15, 0.2) is 0 Å². The van der Waals surface area contributed by atoms with Crippen LogP contribution in [0, 0.1) is 0 Å². The summed E-state index contributed by atoms with van der Waals surface area (Å²) < 4.78 is 0. The molecular formula is C78H78N6S6. The zero-order valence-electron chi connectivity index (χ0n) is 52.9. The fourth-order valence-electron chi connectivity index (χ4n) is 17.7. The molecule has 0 spiro atoms. The van der Waals surface area contributed by atoms with E-state index in [1.807, 2.05) is 70.6 Å². The minimum absolute atomic E-state index is 0.0759. The lowest BCUT2D eigenvalue weighted by atomic mass is 9.71. The van der Waals surface area contributed by atoms with E-state index in [2.05, 4.69) is 151 Å². The zero-order valence-corrected chi connectivity index (χ0v) is 57.8. The molecule has 7 aliphatic rings. The van der Waals surface area contributed by atoms with Crippen molar-refractivity contribution in [3.8, 4) is 33.4 Å². The molecule has 90 heavy (non-hydrogen) atoms. The number of aromatic nitrogens is 6. The Labute approximate surface area is 558 Å². The molecule has 18 bridgehead atoms. The molecule has 6 aliphatic carbocycles. The fourth-order valence-corrected chi connectivity index (χ4v) is 23.5. The third-order valence-corrected chi connectivity index (χ3v) is 27.2. The molecule has 0 amide bonds. The SMILES string of the molecule is CCCC1(CCC)c2cc3ccc2-c2ccc(cc21)Sc1nnc(c2c1CCC2)Sc1ccc2c(c1)C(CCC)(CCC)c1cc(ccc1-2)Sc1nnc(c2c1CCC2)Sc1ccc2c(c1)C(CCC)(CCC)c1cc(ccc1-2)Sc1nnc(c2c1CCC2)S3. The van der Waals surface area contributed by atoms with Gasteiger partial charge in [-0.1, -0.05) is 187 Å². The van der Waals surface area contributed by atoms with Gasteiger partial charge in [-0.3, -0.25) is 0 Å². The van der Waals surface area contributed by atoms with Gasteiger partial charge in [0.25, 0.3) is 0 Å². The van der Waals surface area contributed by atoms with Crippen LogP contribution in [0.4, 0.5) is 0 Å². The lowest BCUT2D eigenvalue weighted by molar-refractivity contribution is 0.434. The number of fused-ring (bicyclic) bond motifs is 27. The standard InChI is InChI=1S/C78H78N6S6/c1-7-34-76(35-8-2)64-40-46-22-28-52(64)53-29-23-47(41-65(53)76)86-71-59-17-14-19-61(59)73(82-80-71)88-49-25-31-55-57-33-27-51(45-69(57)78(38-11-5,39-12-6)67(55)43-49)90-75-63-21-15-20-62(63)74(83-84-75)89-50-26-32-56-54-30-24-48(42-66(54)77(36-9-3,37-10-4)68(56)44-50)87-72-60-18-13-16-58(60)70(85-46)79-81-72/h22-33,40-45H,7-21,34-39H2,1-6H3. The molecule has 3 aromatic heterocycles. The predicted octanol–water partition coefficient (Wildman–Crippen LogP) is 22.3. The smallest absolute Gasteiger partial charge is 0.127 e. The Morgan fingerprint density at radius 3 is 0.578 bits per heavy atom. The van der Waals surface area contributed by atoms with Crippen molar-refractivity contribution in [2.24, 2.45) is 0 Å². The largest absolute Gasteiger partial charge is 0.142 e. The third-order valence-electron chi connectivity index (χ3n) is 21.2. The molecule has 4 heterocycles. The molecule has 16 rings (SSSR count). The van der Waals surface area contributed by atoms with E-state index in [0.717, 1.165) is 165 Å². The molecule has 0 saturated carbocycles. The van der Waals surface area contributed by atoms with E-state index in [4.69, 9.17) is 30.6 Å². The number of benzene rings is 6. The number of hydrogen-bond acceptors (Lipinski definition) is 12. The molecule has 0 atom stereocenters. The highest BCUT2D eigenvalue weighted by Crippen LogP contribution is 2.60. The number of nitrogens with zero attached hydrogens (tertiary/aromatic N) is 6. The van der Waals surface area contributed by atoms with Crippen molar-refractivity contribution in [2.45, 2.75) is 252 Å². The molecule has 6 nitrogen and oxygen atoms in total. The highest BCUT2D eigenvalue weighted by Gasteiger charge is 2.46. The Hall–Kier alpha value is -5.34. The number of hydrogen-bond donors (Lipinski definition) is 0. The van der Waals surface area contributed by atoms with Gasteiger partial charge in [0.2, 0.25) is 0 Å². The fraction of sp³-hybridized carbons (Fsp3) is 0.385. The van der Waals surface area contributed by atoms with E-state index < -0.39 is 0 Å². The van der Waals surface area contributed by atoms with Crippen LogP contribution in [-0.4, -0.2) is 30.6 Å². The first-order valence-electron chi connectivity index (χ1n) is 33.8. The number of rotatable bonds is 12. The molecule has 0 N–H and O–H groups in total. The molecule has 6 aromatic carbocycles. The third kappa shape index (κ3) is 9.76. The summed E-state index contributed by atoms with van der Waals surface area (Å²) in [5, 5.41) is 37.4. The van der Waals surface area contributed by atoms with Crippen LogP contribution in [0.3, 0.4) is 0 Å². The summed E-state index contributed by atoms with van der Waals surface area (Å²) in [5.41, 5.74) is 25.3. The van der Waals surface area contributed by atoms with Crippen molar-refractivity contribution in [3.05, 3.63) is 176 Å². The second kappa shape index (κ2) is 24.2. The summed E-state index contributed by atoms with van der Waals surface area (Å²) >= 11 is 11.0. The maximum absolute atomic E-state index is 5.16. The molecule has 1 aliphatic heterocycles. The molecular weight excluding hydrogens is 1210 g/mol. The summed E-state index contributed by atoms with van der Waals surface area (Å²) in [6, 6.07) is 43.9. The molecule has 9 aromatic rings. The molecule has 0 saturated heterocycles. The van der Waals surface area contributed by atoms with Crippen molar-refractivity contribution < 1.29 is 0 Å². The van der Waals surface area contributed by atoms with Crippen molar-refractivity contribution in [1.29, 1.82) is 0 Å². The molecule has 12 heteroatoms. The van der Waals surface area contributed by atoms with Crippen LogP contribution < -0.4 is 0 Å². The van der Waals surface area contributed by atoms with Crippen molar-refractivity contribution >= 4 is 70.6 Å². The Morgan fingerprint density at radius 1 is 0.256 bits per heavy atom. The first-order valence-corrected chi connectivity index (χ1v) is 38.7. The van der Waals surface area contributed by atoms with E-state index in [-0.39, 0.29) is 16.2 Å². The monoisotopic (exact) mass is 1290 g/mol. The predicted molar refractivity (Wildman–Crippen MR) is 374 cm³/mol. The zero-order chi connectivity index (χ0) is 60.9. The van der Waals surface area contributed by atoms with Crippen LogP contribution in [-0.2, 0) is 54.8 Å². The van der Waals surface area contributed by atoms with Crippen LogP contribution in [0.2, 0.25) is 0 Å². The normalized spacial score (nSPS) is 17.1. The Bertz CT molecular complexity index is 3670. The van der Waals surface area contributed by atoms with Crippen LogP contribution in [0.25, 0.3) is 33.4 Å². The van der Waals surface area contributed by atoms with Gasteiger partial charge in [-0.2, -0.15) is 0 Å². The van der Waals surface area contributed by atoms with Gasteiger partial charge in [0, 0.05) is 45.6 Å². The highest BCUT2D eigenvalue weighted by molar-refractivity contribution is 8.00. The highest BCUT2D eigenvalue weighted by atomic mass is 32.2. The van der Waals surface area contributed by atoms with Gasteiger partial charge in [-0.05, 0) is 269 Å². The summed E-state index contributed by atoms with van der Waals surface area (Å²) in [6.07, 6.45) is 23.0. The first-order chi connectivity index (χ1) is 44.2.